The summed E-state index contributed by atoms with van der Waals surface area (Å²) >= 11 is 1.43. The monoisotopic (exact) mass is 340 g/mol. The van der Waals surface area contributed by atoms with Crippen LogP contribution in [0.5, 0.6) is 0 Å². The molecule has 24 heavy (non-hydrogen) atoms. The molecule has 6 heteroatoms. The molecule has 0 radical (unpaired) electrons. The van der Waals surface area contributed by atoms with Crippen molar-refractivity contribution in [3.63, 3.8) is 0 Å². The number of aryl methyl sites for hydroxylation is 2. The van der Waals surface area contributed by atoms with E-state index < -0.39 is 0 Å². The molecular weight excluding hydrogens is 320 g/mol. The Hall–Kier alpha value is -2.21. The highest BCUT2D eigenvalue weighted by Gasteiger charge is 2.35. The quantitative estimate of drug-likeness (QED) is 0.729. The number of para-hydroxylation sites is 2. The third-order valence-electron chi connectivity index (χ3n) is 4.75. The van der Waals surface area contributed by atoms with Gasteiger partial charge in [0.05, 0.1) is 28.3 Å². The van der Waals surface area contributed by atoms with Gasteiger partial charge in [0.1, 0.15) is 10.7 Å². The molecule has 1 aliphatic heterocycles. The van der Waals surface area contributed by atoms with Crippen molar-refractivity contribution in [1.82, 2.24) is 19.4 Å². The second kappa shape index (κ2) is 6.02. The number of hydrogen-bond acceptors (Lipinski definition) is 4. The Morgan fingerprint density at radius 3 is 2.96 bits per heavy atom. The Morgan fingerprint density at radius 2 is 2.21 bits per heavy atom. The molecule has 3 heterocycles. The lowest BCUT2D eigenvalue weighted by Gasteiger charge is -2.24. The highest BCUT2D eigenvalue weighted by molar-refractivity contribution is 7.11. The van der Waals surface area contributed by atoms with Crippen LogP contribution >= 0.6 is 11.3 Å². The van der Waals surface area contributed by atoms with E-state index in [9.17, 15) is 4.79 Å². The number of thiazole rings is 1. The summed E-state index contributed by atoms with van der Waals surface area (Å²) in [4.78, 5) is 24.8. The lowest BCUT2D eigenvalue weighted by atomic mass is 10.2. The first-order valence-electron chi connectivity index (χ1n) is 8.37. The van der Waals surface area contributed by atoms with E-state index in [2.05, 4.69) is 22.5 Å². The zero-order chi connectivity index (χ0) is 16.7. The van der Waals surface area contributed by atoms with Gasteiger partial charge < -0.3 is 9.47 Å². The van der Waals surface area contributed by atoms with Crippen molar-refractivity contribution in [1.29, 1.82) is 0 Å². The molecule has 1 fully saturated rings. The van der Waals surface area contributed by atoms with Crippen LogP contribution in [0.1, 0.15) is 47.0 Å². The Bertz CT molecular complexity index is 897. The predicted octanol–water partition coefficient (Wildman–Crippen LogP) is 3.80. The second-order valence-electron chi connectivity index (χ2n) is 6.13. The number of hydrogen-bond donors (Lipinski definition) is 0. The standard InChI is InChI=1S/C18H20N4OS/c1-3-21-14-8-5-4-7-13(14)20-17(21)15-9-6-10-22(15)18(23)16-12(2)19-11-24-16/h4-5,7-8,11,15H,3,6,9-10H2,1-2H3. The third-order valence-corrected chi connectivity index (χ3v) is 5.67. The maximum absolute atomic E-state index is 13.0. The minimum absolute atomic E-state index is 0.0475. The molecule has 5 nitrogen and oxygen atoms in total. The molecule has 1 atom stereocenters. The molecular formula is C18H20N4OS. The van der Waals surface area contributed by atoms with Crippen molar-refractivity contribution in [2.45, 2.75) is 39.3 Å². The normalized spacial score (nSPS) is 17.8. The van der Waals surface area contributed by atoms with Crippen molar-refractivity contribution in [2.75, 3.05) is 6.54 Å². The predicted molar refractivity (Wildman–Crippen MR) is 95.3 cm³/mol. The molecule has 1 amide bonds. The average molecular weight is 340 g/mol. The zero-order valence-corrected chi connectivity index (χ0v) is 14.7. The first-order chi connectivity index (χ1) is 11.7. The van der Waals surface area contributed by atoms with Crippen molar-refractivity contribution < 1.29 is 4.79 Å². The number of likely N-dealkylation sites (tertiary alicyclic amines) is 1. The van der Waals surface area contributed by atoms with Crippen molar-refractivity contribution in [3.8, 4) is 0 Å². The highest BCUT2D eigenvalue weighted by atomic mass is 32.1. The summed E-state index contributed by atoms with van der Waals surface area (Å²) in [6.07, 6.45) is 1.98. The molecule has 4 rings (SSSR count). The van der Waals surface area contributed by atoms with Crippen LogP contribution in [0.25, 0.3) is 11.0 Å². The number of carbonyl (C=O) groups is 1. The average Bonchev–Trinajstić information content (AvgIpc) is 3.31. The van der Waals surface area contributed by atoms with Crippen LogP contribution in [0.15, 0.2) is 29.8 Å². The molecule has 2 aromatic heterocycles. The van der Waals surface area contributed by atoms with Gasteiger partial charge in [-0.3, -0.25) is 4.79 Å². The third kappa shape index (κ3) is 2.33. The van der Waals surface area contributed by atoms with E-state index in [-0.39, 0.29) is 11.9 Å². The summed E-state index contributed by atoms with van der Waals surface area (Å²) < 4.78 is 2.24. The summed E-state index contributed by atoms with van der Waals surface area (Å²) in [6.45, 7) is 5.67. The molecule has 0 aliphatic carbocycles. The topological polar surface area (TPSA) is 51.0 Å². The van der Waals surface area contributed by atoms with E-state index in [0.29, 0.717) is 0 Å². The van der Waals surface area contributed by atoms with Crippen LogP contribution in [-0.2, 0) is 6.54 Å². The number of imidazole rings is 1. The van der Waals surface area contributed by atoms with Crippen LogP contribution in [-0.4, -0.2) is 31.9 Å². The molecule has 1 unspecified atom stereocenters. The van der Waals surface area contributed by atoms with Crippen LogP contribution in [0.4, 0.5) is 0 Å². The van der Waals surface area contributed by atoms with Gasteiger partial charge in [-0.15, -0.1) is 11.3 Å². The van der Waals surface area contributed by atoms with Gasteiger partial charge in [-0.2, -0.15) is 0 Å². The number of fused-ring (bicyclic) bond motifs is 1. The second-order valence-corrected chi connectivity index (χ2v) is 6.98. The van der Waals surface area contributed by atoms with E-state index in [1.807, 2.05) is 30.0 Å². The molecule has 0 spiro atoms. The Kier molecular flexibility index (Phi) is 3.84. The maximum atomic E-state index is 13.0. The van der Waals surface area contributed by atoms with Gasteiger partial charge >= 0.3 is 0 Å². The smallest absolute Gasteiger partial charge is 0.266 e. The fraction of sp³-hybridized carbons (Fsp3) is 0.389. The molecule has 0 N–H and O–H groups in total. The summed E-state index contributed by atoms with van der Waals surface area (Å²) in [5.41, 5.74) is 4.71. The number of carbonyl (C=O) groups excluding carboxylic acids is 1. The molecule has 1 aliphatic rings. The van der Waals surface area contributed by atoms with Gasteiger partial charge in [-0.1, -0.05) is 12.1 Å². The fourth-order valence-corrected chi connectivity index (χ4v) is 4.35. The van der Waals surface area contributed by atoms with Crippen molar-refractivity contribution in [3.05, 3.63) is 46.2 Å². The first-order valence-corrected chi connectivity index (χ1v) is 9.25. The van der Waals surface area contributed by atoms with E-state index in [1.54, 1.807) is 5.51 Å². The molecule has 0 bridgehead atoms. The van der Waals surface area contributed by atoms with Crippen molar-refractivity contribution >= 4 is 28.3 Å². The van der Waals surface area contributed by atoms with E-state index in [0.717, 1.165) is 53.4 Å². The number of aromatic nitrogens is 3. The SMILES string of the molecule is CCn1c(C2CCCN2C(=O)c2scnc2C)nc2ccccc21. The van der Waals surface area contributed by atoms with Gasteiger partial charge in [0.15, 0.2) is 0 Å². The van der Waals surface area contributed by atoms with Gasteiger partial charge in [-0.25, -0.2) is 9.97 Å². The summed E-state index contributed by atoms with van der Waals surface area (Å²) in [6, 6.07) is 8.24. The van der Waals surface area contributed by atoms with E-state index in [4.69, 9.17) is 4.98 Å². The fourth-order valence-electron chi connectivity index (χ4n) is 3.60. The van der Waals surface area contributed by atoms with Gasteiger partial charge in [0.25, 0.3) is 5.91 Å². The largest absolute Gasteiger partial charge is 0.328 e. The molecule has 1 aromatic carbocycles. The number of rotatable bonds is 3. The summed E-state index contributed by atoms with van der Waals surface area (Å²) in [5, 5.41) is 0. The van der Waals surface area contributed by atoms with Crippen LogP contribution < -0.4 is 0 Å². The van der Waals surface area contributed by atoms with E-state index >= 15 is 0 Å². The minimum Gasteiger partial charge on any atom is -0.328 e. The van der Waals surface area contributed by atoms with Gasteiger partial charge in [-0.05, 0) is 38.8 Å². The van der Waals surface area contributed by atoms with Crippen LogP contribution in [0.2, 0.25) is 0 Å². The zero-order valence-electron chi connectivity index (χ0n) is 13.9. The maximum Gasteiger partial charge on any atom is 0.266 e. The van der Waals surface area contributed by atoms with Crippen LogP contribution in [0, 0.1) is 6.92 Å². The van der Waals surface area contributed by atoms with Gasteiger partial charge in [0, 0.05) is 13.1 Å². The van der Waals surface area contributed by atoms with Crippen LogP contribution in [0.3, 0.4) is 0 Å². The summed E-state index contributed by atoms with van der Waals surface area (Å²) in [5.74, 6) is 1.10. The Balaban J connectivity index is 1.76. The lowest BCUT2D eigenvalue weighted by molar-refractivity contribution is 0.0732. The van der Waals surface area contributed by atoms with Crippen molar-refractivity contribution in [2.24, 2.45) is 0 Å². The Morgan fingerprint density at radius 1 is 1.38 bits per heavy atom. The first kappa shape index (κ1) is 15.3. The number of nitrogens with zero attached hydrogens (tertiary/aromatic N) is 4. The van der Waals surface area contributed by atoms with Gasteiger partial charge in [0.2, 0.25) is 0 Å². The molecule has 0 saturated carbocycles. The number of benzene rings is 1. The molecule has 1 saturated heterocycles. The Labute approximate surface area is 145 Å². The summed E-state index contributed by atoms with van der Waals surface area (Å²) in [7, 11) is 0. The lowest BCUT2D eigenvalue weighted by Crippen LogP contribution is -2.32. The molecule has 3 aromatic rings. The number of amides is 1. The van der Waals surface area contributed by atoms with E-state index in [1.165, 1.54) is 11.3 Å². The molecule has 124 valence electrons. The highest BCUT2D eigenvalue weighted by Crippen LogP contribution is 2.35. The minimum atomic E-state index is 0.0475.